The molecule has 2 aromatic carbocycles. The number of hydrogen-bond acceptors (Lipinski definition) is 3. The second kappa shape index (κ2) is 10.2. The molecule has 0 radical (unpaired) electrons. The number of rotatable bonds is 8. The average molecular weight is 397 g/mol. The van der Waals surface area contributed by atoms with Gasteiger partial charge in [-0.2, -0.15) is 0 Å². The van der Waals surface area contributed by atoms with E-state index < -0.39 is 0 Å². The maximum atomic E-state index is 13.4. The monoisotopic (exact) mass is 397 g/mol. The number of halogens is 1. The first-order valence-corrected chi connectivity index (χ1v) is 10.2. The molecule has 0 spiro atoms. The van der Waals surface area contributed by atoms with Crippen LogP contribution < -0.4 is 5.32 Å². The third kappa shape index (κ3) is 5.64. The molecule has 1 aliphatic heterocycles. The Morgan fingerprint density at radius 2 is 1.72 bits per heavy atom. The molecule has 1 N–H and O–H groups in total. The normalized spacial score (nSPS) is 15.1. The van der Waals surface area contributed by atoms with E-state index in [1.54, 1.807) is 17.0 Å². The highest BCUT2D eigenvalue weighted by Gasteiger charge is 2.32. The molecular weight excluding hydrogens is 369 g/mol. The summed E-state index contributed by atoms with van der Waals surface area (Å²) in [7, 11) is 0. The van der Waals surface area contributed by atoms with Crippen molar-refractivity contribution in [3.05, 3.63) is 71.5 Å². The van der Waals surface area contributed by atoms with Crippen molar-refractivity contribution in [1.29, 1.82) is 0 Å². The van der Waals surface area contributed by atoms with Crippen LogP contribution in [-0.4, -0.2) is 47.8 Å². The van der Waals surface area contributed by atoms with Crippen molar-refractivity contribution < 1.29 is 14.0 Å². The number of likely N-dealkylation sites (tertiary alicyclic amines) is 1. The molecule has 0 aromatic heterocycles. The highest BCUT2D eigenvalue weighted by molar-refractivity contribution is 5.88. The van der Waals surface area contributed by atoms with Gasteiger partial charge in [-0.05, 0) is 56.1 Å². The van der Waals surface area contributed by atoms with E-state index in [9.17, 15) is 14.0 Å². The summed E-state index contributed by atoms with van der Waals surface area (Å²) in [6.45, 7) is 4.43. The largest absolute Gasteiger partial charge is 0.350 e. The molecule has 2 aromatic rings. The van der Waals surface area contributed by atoms with E-state index >= 15 is 0 Å². The number of nitrogens with one attached hydrogen (secondary N) is 1. The summed E-state index contributed by atoms with van der Waals surface area (Å²) in [6.07, 6.45) is 2.17. The van der Waals surface area contributed by atoms with Crippen molar-refractivity contribution in [2.75, 3.05) is 26.2 Å². The summed E-state index contributed by atoms with van der Waals surface area (Å²) in [4.78, 5) is 29.6. The van der Waals surface area contributed by atoms with Gasteiger partial charge in [-0.25, -0.2) is 4.39 Å². The van der Waals surface area contributed by atoms with E-state index in [2.05, 4.69) is 10.2 Å². The fourth-order valence-electron chi connectivity index (χ4n) is 3.70. The maximum Gasteiger partial charge on any atom is 0.244 e. The topological polar surface area (TPSA) is 52.7 Å². The lowest BCUT2D eigenvalue weighted by Crippen LogP contribution is -2.46. The Hall–Kier alpha value is -2.73. The Bertz CT molecular complexity index is 805. The minimum atomic E-state index is -0.358. The maximum absolute atomic E-state index is 13.4. The Morgan fingerprint density at radius 1 is 1.07 bits per heavy atom. The quantitative estimate of drug-likeness (QED) is 0.745. The highest BCUT2D eigenvalue weighted by Crippen LogP contribution is 2.27. The molecule has 154 valence electrons. The first-order valence-electron chi connectivity index (χ1n) is 10.2. The number of carbonyl (C=O) groups excluding carboxylic acids is 2. The predicted octanol–water partition coefficient (Wildman–Crippen LogP) is 3.13. The van der Waals surface area contributed by atoms with Gasteiger partial charge in [-0.3, -0.25) is 14.5 Å². The van der Waals surface area contributed by atoms with Crippen molar-refractivity contribution >= 4 is 11.8 Å². The van der Waals surface area contributed by atoms with Crippen LogP contribution in [0.3, 0.4) is 0 Å². The Kier molecular flexibility index (Phi) is 7.36. The first kappa shape index (κ1) is 21.0. The molecule has 1 saturated heterocycles. The van der Waals surface area contributed by atoms with Gasteiger partial charge in [0.2, 0.25) is 11.8 Å². The summed E-state index contributed by atoms with van der Waals surface area (Å²) in [5.74, 6) is -0.577. The second-order valence-corrected chi connectivity index (χ2v) is 7.31. The lowest BCUT2D eigenvalue weighted by Gasteiger charge is -2.32. The van der Waals surface area contributed by atoms with Gasteiger partial charge < -0.3 is 10.2 Å². The fourth-order valence-corrected chi connectivity index (χ4v) is 3.70. The van der Waals surface area contributed by atoms with Crippen LogP contribution in [0.2, 0.25) is 0 Å². The molecule has 2 amide bonds. The van der Waals surface area contributed by atoms with Gasteiger partial charge in [0.1, 0.15) is 11.9 Å². The number of benzene rings is 2. The third-order valence-electron chi connectivity index (χ3n) is 5.29. The molecule has 29 heavy (non-hydrogen) atoms. The molecule has 0 aliphatic carbocycles. The summed E-state index contributed by atoms with van der Waals surface area (Å²) in [6, 6.07) is 15.4. The smallest absolute Gasteiger partial charge is 0.244 e. The Labute approximate surface area is 171 Å². The summed E-state index contributed by atoms with van der Waals surface area (Å²) >= 11 is 0. The van der Waals surface area contributed by atoms with E-state index in [-0.39, 0.29) is 30.2 Å². The summed E-state index contributed by atoms with van der Waals surface area (Å²) in [5.41, 5.74) is 1.78. The Balaban J connectivity index is 1.65. The number of carbonyl (C=O) groups is 2. The third-order valence-corrected chi connectivity index (χ3v) is 5.29. The highest BCUT2D eigenvalue weighted by atomic mass is 19.1. The lowest BCUT2D eigenvalue weighted by atomic mass is 10.0. The van der Waals surface area contributed by atoms with Crippen molar-refractivity contribution in [2.24, 2.45) is 0 Å². The first-order chi connectivity index (χ1) is 14.1. The van der Waals surface area contributed by atoms with Gasteiger partial charge in [0.15, 0.2) is 0 Å². The molecule has 1 unspecified atom stereocenters. The van der Waals surface area contributed by atoms with E-state index in [0.717, 1.165) is 37.1 Å². The van der Waals surface area contributed by atoms with Crippen LogP contribution in [0.25, 0.3) is 0 Å². The number of amides is 2. The number of likely N-dealkylation sites (N-methyl/N-ethyl adjacent to an activating group) is 1. The molecule has 0 bridgehead atoms. The molecule has 5 nitrogen and oxygen atoms in total. The zero-order valence-corrected chi connectivity index (χ0v) is 16.8. The molecule has 0 saturated carbocycles. The van der Waals surface area contributed by atoms with Crippen molar-refractivity contribution in [3.63, 3.8) is 0 Å². The minimum Gasteiger partial charge on any atom is -0.350 e. The van der Waals surface area contributed by atoms with Crippen molar-refractivity contribution in [1.82, 2.24) is 15.1 Å². The van der Waals surface area contributed by atoms with Gasteiger partial charge in [0.05, 0.1) is 6.54 Å². The van der Waals surface area contributed by atoms with Crippen molar-refractivity contribution in [3.8, 4) is 0 Å². The predicted molar refractivity (Wildman–Crippen MR) is 110 cm³/mol. The summed E-state index contributed by atoms with van der Waals surface area (Å²) < 4.78 is 13.0. The molecule has 1 heterocycles. The molecule has 6 heteroatoms. The minimum absolute atomic E-state index is 0.00764. The molecule has 1 fully saturated rings. The van der Waals surface area contributed by atoms with Crippen LogP contribution in [0.15, 0.2) is 54.6 Å². The average Bonchev–Trinajstić information content (AvgIpc) is 3.26. The van der Waals surface area contributed by atoms with Crippen LogP contribution in [0.5, 0.6) is 0 Å². The van der Waals surface area contributed by atoms with Crippen LogP contribution in [0, 0.1) is 5.82 Å². The second-order valence-electron chi connectivity index (χ2n) is 7.31. The summed E-state index contributed by atoms with van der Waals surface area (Å²) in [5, 5.41) is 2.82. The van der Waals surface area contributed by atoms with Gasteiger partial charge >= 0.3 is 0 Å². The Morgan fingerprint density at radius 3 is 2.34 bits per heavy atom. The van der Waals surface area contributed by atoms with Crippen LogP contribution in [-0.2, 0) is 16.1 Å². The zero-order valence-electron chi connectivity index (χ0n) is 16.8. The molecule has 1 aliphatic rings. The number of nitrogens with zero attached hydrogens (tertiary/aromatic N) is 2. The van der Waals surface area contributed by atoms with Gasteiger partial charge in [-0.15, -0.1) is 0 Å². The molecular formula is C23H28FN3O2. The molecule has 1 atom stereocenters. The zero-order chi connectivity index (χ0) is 20.6. The van der Waals surface area contributed by atoms with Crippen LogP contribution in [0.1, 0.15) is 36.9 Å². The fraction of sp³-hybridized carbons (Fsp3) is 0.391. The van der Waals surface area contributed by atoms with E-state index in [0.29, 0.717) is 13.1 Å². The lowest BCUT2D eigenvalue weighted by molar-refractivity contribution is -0.140. The SMILES string of the molecule is CCN(CC(=O)NCc1ccc(F)cc1)C(=O)C(c1ccccc1)N1CCCC1. The standard InChI is InChI=1S/C23H28FN3O2/c1-2-26(17-21(28)25-16-18-10-12-20(24)13-11-18)23(29)22(27-14-6-7-15-27)19-8-4-3-5-9-19/h3-5,8-13,22H,2,6-7,14-17H2,1H3,(H,25,28). The molecule has 3 rings (SSSR count). The van der Waals surface area contributed by atoms with Gasteiger partial charge in [0.25, 0.3) is 0 Å². The van der Waals surface area contributed by atoms with Crippen molar-refractivity contribution in [2.45, 2.75) is 32.4 Å². The van der Waals surface area contributed by atoms with Gasteiger partial charge in [0, 0.05) is 13.1 Å². The van der Waals surface area contributed by atoms with E-state index in [1.807, 2.05) is 37.3 Å². The van der Waals surface area contributed by atoms with Gasteiger partial charge in [-0.1, -0.05) is 42.5 Å². The van der Waals surface area contributed by atoms with E-state index in [4.69, 9.17) is 0 Å². The number of hydrogen-bond donors (Lipinski definition) is 1. The van der Waals surface area contributed by atoms with E-state index in [1.165, 1.54) is 12.1 Å². The van der Waals surface area contributed by atoms with Crippen LogP contribution in [0.4, 0.5) is 4.39 Å². The van der Waals surface area contributed by atoms with Crippen LogP contribution >= 0.6 is 0 Å².